The lowest BCUT2D eigenvalue weighted by atomic mass is 9.57. The van der Waals surface area contributed by atoms with E-state index in [0.717, 1.165) is 37.0 Å². The van der Waals surface area contributed by atoms with Gasteiger partial charge < -0.3 is 14.2 Å². The first-order valence-electron chi connectivity index (χ1n) is 11.5. The summed E-state index contributed by atoms with van der Waals surface area (Å²) < 4.78 is 18.3. The predicted molar refractivity (Wildman–Crippen MR) is 113 cm³/mol. The summed E-state index contributed by atoms with van der Waals surface area (Å²) in [7, 11) is 1.69. The molecule has 5 heteroatoms. The average Bonchev–Trinajstić information content (AvgIpc) is 2.98. The third kappa shape index (κ3) is 3.22. The van der Waals surface area contributed by atoms with Gasteiger partial charge in [0.05, 0.1) is 13.2 Å². The first-order chi connectivity index (χ1) is 14.4. The predicted octanol–water partition coefficient (Wildman–Crippen LogP) is 5.35. The van der Waals surface area contributed by atoms with E-state index >= 15 is 0 Å². The van der Waals surface area contributed by atoms with Crippen LogP contribution in [0.1, 0.15) is 58.4 Å². The highest BCUT2D eigenvalue weighted by molar-refractivity contribution is 5.50. The van der Waals surface area contributed by atoms with Gasteiger partial charge in [-0.15, -0.1) is 0 Å². The van der Waals surface area contributed by atoms with Crippen molar-refractivity contribution in [1.82, 2.24) is 0 Å². The Bertz CT molecular complexity index is 791. The minimum Gasteiger partial charge on any atom is -0.497 e. The number of ether oxygens (including phenoxy) is 3. The maximum absolute atomic E-state index is 6.63. The van der Waals surface area contributed by atoms with Crippen molar-refractivity contribution in [3.8, 4) is 5.75 Å². The lowest BCUT2D eigenvalue weighted by molar-refractivity contribution is -0.571. The van der Waals surface area contributed by atoms with E-state index in [0.29, 0.717) is 23.7 Å². The molecule has 1 saturated carbocycles. The Labute approximate surface area is 179 Å². The number of hydrogen-bond donors (Lipinski definition) is 0. The molecule has 0 unspecified atom stereocenters. The van der Waals surface area contributed by atoms with Crippen LogP contribution >= 0.6 is 0 Å². The van der Waals surface area contributed by atoms with Crippen molar-refractivity contribution in [2.24, 2.45) is 23.7 Å². The van der Waals surface area contributed by atoms with E-state index in [1.54, 1.807) is 7.11 Å². The molecule has 0 N–H and O–H groups in total. The minimum absolute atomic E-state index is 0.112. The summed E-state index contributed by atoms with van der Waals surface area (Å²) in [6, 6.07) is 8.12. The molecule has 1 spiro atoms. The van der Waals surface area contributed by atoms with E-state index in [1.165, 1.54) is 6.42 Å². The first kappa shape index (κ1) is 20.5. The molecule has 30 heavy (non-hydrogen) atoms. The topological polar surface area (TPSA) is 46.2 Å². The number of rotatable bonds is 4. The second-order valence-electron chi connectivity index (χ2n) is 9.85. The van der Waals surface area contributed by atoms with Gasteiger partial charge in [0, 0.05) is 12.3 Å². The fraction of sp³-hybridized carbons (Fsp3) is 0.680. The standard InChI is InChI=1S/C25H34O5/c1-16-8-13-21-17(2)22(7-5-6-18-9-11-19(26-4)12-10-18)27-23-25(21)20(16)14-15-24(3,28-23)29-30-25/h5-6,9-12,16-17,20-23H,7-8,13-15H2,1-4H3/b6-5+/t16-,17-,20+,21+,22-,23-,24-,25-/m1/s1. The molecule has 4 aliphatic heterocycles. The Morgan fingerprint density at radius 1 is 1.07 bits per heavy atom. The summed E-state index contributed by atoms with van der Waals surface area (Å²) in [4.78, 5) is 12.1. The van der Waals surface area contributed by atoms with Gasteiger partial charge in [0.15, 0.2) is 11.9 Å². The van der Waals surface area contributed by atoms with Crippen molar-refractivity contribution in [1.29, 1.82) is 0 Å². The summed E-state index contributed by atoms with van der Waals surface area (Å²) in [5.41, 5.74) is 0.694. The van der Waals surface area contributed by atoms with Gasteiger partial charge in [0.25, 0.3) is 0 Å². The van der Waals surface area contributed by atoms with E-state index in [1.807, 2.05) is 19.1 Å². The monoisotopic (exact) mass is 414 g/mol. The largest absolute Gasteiger partial charge is 0.497 e. The smallest absolute Gasteiger partial charge is 0.201 e. The molecule has 5 nitrogen and oxygen atoms in total. The van der Waals surface area contributed by atoms with Crippen LogP contribution < -0.4 is 4.74 Å². The number of benzene rings is 1. The van der Waals surface area contributed by atoms with Crippen molar-refractivity contribution in [3.63, 3.8) is 0 Å². The van der Waals surface area contributed by atoms with Gasteiger partial charge in [-0.25, -0.2) is 9.78 Å². The Morgan fingerprint density at radius 2 is 1.87 bits per heavy atom. The molecule has 4 saturated heterocycles. The molecule has 164 valence electrons. The van der Waals surface area contributed by atoms with Crippen LogP contribution in [-0.4, -0.2) is 30.9 Å². The van der Waals surface area contributed by atoms with Crippen LogP contribution in [0.25, 0.3) is 6.08 Å². The van der Waals surface area contributed by atoms with Gasteiger partial charge in [-0.2, -0.15) is 0 Å². The molecule has 1 aromatic rings. The molecule has 0 radical (unpaired) electrons. The lowest BCUT2D eigenvalue weighted by Gasteiger charge is -2.60. The van der Waals surface area contributed by atoms with E-state index in [4.69, 9.17) is 24.0 Å². The van der Waals surface area contributed by atoms with Crippen LogP contribution in [0.5, 0.6) is 5.75 Å². The van der Waals surface area contributed by atoms with E-state index in [9.17, 15) is 0 Å². The van der Waals surface area contributed by atoms with Gasteiger partial charge in [-0.3, -0.25) is 0 Å². The third-order valence-corrected chi connectivity index (χ3v) is 8.09. The van der Waals surface area contributed by atoms with Crippen molar-refractivity contribution in [2.45, 2.75) is 76.7 Å². The number of hydrogen-bond acceptors (Lipinski definition) is 5. The Morgan fingerprint density at radius 3 is 2.63 bits per heavy atom. The molecular weight excluding hydrogens is 380 g/mol. The maximum Gasteiger partial charge on any atom is 0.201 e. The normalized spacial score (nSPS) is 45.2. The molecule has 0 amide bonds. The zero-order valence-corrected chi connectivity index (χ0v) is 18.5. The lowest BCUT2D eigenvalue weighted by Crippen LogP contribution is -2.70. The molecular formula is C25H34O5. The molecule has 5 aliphatic rings. The van der Waals surface area contributed by atoms with Crippen LogP contribution in [0.15, 0.2) is 30.3 Å². The van der Waals surface area contributed by atoms with Crippen LogP contribution in [-0.2, 0) is 19.2 Å². The van der Waals surface area contributed by atoms with Crippen LogP contribution in [0, 0.1) is 23.7 Å². The van der Waals surface area contributed by atoms with Crippen LogP contribution in [0.4, 0.5) is 0 Å². The molecule has 6 rings (SSSR count). The molecule has 0 aromatic heterocycles. The van der Waals surface area contributed by atoms with Crippen LogP contribution in [0.3, 0.4) is 0 Å². The van der Waals surface area contributed by atoms with Gasteiger partial charge in [0.1, 0.15) is 5.75 Å². The second kappa shape index (κ2) is 7.63. The fourth-order valence-electron chi connectivity index (χ4n) is 6.30. The average molecular weight is 415 g/mol. The SMILES string of the molecule is COc1ccc(/C=C/C[C@H]2O[C@@H]3O[C@@]4(C)CC[C@H]5[C@H](C)CC[C@@H]([C@H]2C)[C@@]35OO4)cc1. The van der Waals surface area contributed by atoms with Crippen molar-refractivity contribution >= 4 is 6.08 Å². The zero-order valence-electron chi connectivity index (χ0n) is 18.5. The Kier molecular flexibility index (Phi) is 5.21. The van der Waals surface area contributed by atoms with Crippen molar-refractivity contribution in [3.05, 3.63) is 35.9 Å². The zero-order chi connectivity index (χ0) is 20.9. The van der Waals surface area contributed by atoms with Crippen molar-refractivity contribution in [2.75, 3.05) is 7.11 Å². The third-order valence-electron chi connectivity index (χ3n) is 8.09. The maximum atomic E-state index is 6.63. The Balaban J connectivity index is 1.36. The second-order valence-corrected chi connectivity index (χ2v) is 9.85. The molecule has 4 heterocycles. The summed E-state index contributed by atoms with van der Waals surface area (Å²) in [6.07, 6.45) is 9.30. The molecule has 1 aromatic carbocycles. The van der Waals surface area contributed by atoms with E-state index < -0.39 is 11.4 Å². The molecule has 8 atom stereocenters. The summed E-state index contributed by atoms with van der Waals surface area (Å²) in [6.45, 7) is 6.65. The number of methoxy groups -OCH3 is 1. The van der Waals surface area contributed by atoms with Crippen molar-refractivity contribution < 1.29 is 24.0 Å². The molecule has 5 fully saturated rings. The fourth-order valence-corrected chi connectivity index (χ4v) is 6.30. The van der Waals surface area contributed by atoms with Gasteiger partial charge in [0.2, 0.25) is 5.79 Å². The first-order valence-corrected chi connectivity index (χ1v) is 11.5. The Hall–Kier alpha value is -1.40. The van der Waals surface area contributed by atoms with Gasteiger partial charge in [-0.05, 0) is 68.1 Å². The van der Waals surface area contributed by atoms with Gasteiger partial charge >= 0.3 is 0 Å². The van der Waals surface area contributed by atoms with E-state index in [-0.39, 0.29) is 12.4 Å². The summed E-state index contributed by atoms with van der Waals surface area (Å²) in [5.74, 6) is 1.95. The quantitative estimate of drug-likeness (QED) is 0.622. The molecule has 2 bridgehead atoms. The highest BCUT2D eigenvalue weighted by atomic mass is 17.3. The molecule has 1 aliphatic carbocycles. The summed E-state index contributed by atoms with van der Waals surface area (Å²) in [5, 5.41) is 0. The van der Waals surface area contributed by atoms with Crippen LogP contribution in [0.2, 0.25) is 0 Å². The van der Waals surface area contributed by atoms with Gasteiger partial charge in [-0.1, -0.05) is 38.1 Å². The highest BCUT2D eigenvalue weighted by Gasteiger charge is 2.69. The minimum atomic E-state index is -0.707. The highest BCUT2D eigenvalue weighted by Crippen LogP contribution is 2.60. The summed E-state index contributed by atoms with van der Waals surface area (Å²) >= 11 is 0. The van der Waals surface area contributed by atoms with E-state index in [2.05, 4.69) is 38.1 Å². The number of fused-ring (bicyclic) bond motifs is 2.